The van der Waals surface area contributed by atoms with E-state index in [9.17, 15) is 10.1 Å². The van der Waals surface area contributed by atoms with Gasteiger partial charge in [-0.3, -0.25) is 10.1 Å². The lowest BCUT2D eigenvalue weighted by Gasteiger charge is -2.07. The maximum absolute atomic E-state index is 10.5. The van der Waals surface area contributed by atoms with E-state index in [4.69, 9.17) is 5.73 Å². The second-order valence-electron chi connectivity index (χ2n) is 3.31. The molecule has 0 bridgehead atoms. The first-order valence-electron chi connectivity index (χ1n) is 4.93. The third kappa shape index (κ3) is 3.12. The van der Waals surface area contributed by atoms with E-state index in [-0.39, 0.29) is 5.69 Å². The number of nitrogens with one attached hydrogen (secondary N) is 1. The molecule has 82 valence electrons. The number of rotatable bonds is 5. The van der Waals surface area contributed by atoms with Crippen molar-refractivity contribution in [1.82, 2.24) is 0 Å². The molecule has 0 fully saturated rings. The third-order valence-corrected chi connectivity index (χ3v) is 2.09. The number of nitrogens with zero attached hydrogens (tertiary/aromatic N) is 1. The topological polar surface area (TPSA) is 81.2 Å². The molecule has 0 saturated carbocycles. The molecular formula is C10H15N3O2. The van der Waals surface area contributed by atoms with E-state index in [1.807, 2.05) is 0 Å². The maximum atomic E-state index is 10.5. The average Bonchev–Trinajstić information content (AvgIpc) is 2.20. The predicted molar refractivity (Wildman–Crippen MR) is 60.9 cm³/mol. The van der Waals surface area contributed by atoms with Crippen LogP contribution in [0.4, 0.5) is 17.1 Å². The van der Waals surface area contributed by atoms with Crippen LogP contribution in [0.25, 0.3) is 0 Å². The summed E-state index contributed by atoms with van der Waals surface area (Å²) < 4.78 is 0. The van der Waals surface area contributed by atoms with Gasteiger partial charge in [-0.05, 0) is 12.5 Å². The zero-order valence-electron chi connectivity index (χ0n) is 8.69. The average molecular weight is 209 g/mol. The number of non-ortho nitro benzene ring substituents is 1. The Kier molecular flexibility index (Phi) is 3.91. The van der Waals surface area contributed by atoms with Crippen LogP contribution in [0.5, 0.6) is 0 Å². The van der Waals surface area contributed by atoms with Gasteiger partial charge in [0.1, 0.15) is 0 Å². The monoisotopic (exact) mass is 209 g/mol. The lowest BCUT2D eigenvalue weighted by molar-refractivity contribution is -0.384. The van der Waals surface area contributed by atoms with Gasteiger partial charge in [0.2, 0.25) is 0 Å². The van der Waals surface area contributed by atoms with Gasteiger partial charge >= 0.3 is 0 Å². The second kappa shape index (κ2) is 5.19. The van der Waals surface area contributed by atoms with Gasteiger partial charge in [0, 0.05) is 18.7 Å². The number of nitro groups is 1. The van der Waals surface area contributed by atoms with Crippen molar-refractivity contribution in [3.8, 4) is 0 Å². The summed E-state index contributed by atoms with van der Waals surface area (Å²) in [6.45, 7) is 2.93. The summed E-state index contributed by atoms with van der Waals surface area (Å²) in [5.41, 5.74) is 6.87. The van der Waals surface area contributed by atoms with Crippen LogP contribution in [0.1, 0.15) is 19.8 Å². The van der Waals surface area contributed by atoms with Gasteiger partial charge in [-0.25, -0.2) is 0 Å². The Hall–Kier alpha value is -1.78. The molecule has 0 amide bonds. The molecule has 0 aromatic heterocycles. The van der Waals surface area contributed by atoms with Crippen molar-refractivity contribution in [2.75, 3.05) is 17.6 Å². The summed E-state index contributed by atoms with van der Waals surface area (Å²) in [6, 6.07) is 4.46. The number of unbranched alkanes of at least 4 members (excludes halogenated alkanes) is 1. The molecule has 3 N–H and O–H groups in total. The van der Waals surface area contributed by atoms with Crippen LogP contribution in [0.15, 0.2) is 18.2 Å². The van der Waals surface area contributed by atoms with Gasteiger partial charge in [0.15, 0.2) is 0 Å². The molecule has 0 saturated heterocycles. The summed E-state index contributed by atoms with van der Waals surface area (Å²) >= 11 is 0. The molecule has 5 heteroatoms. The molecule has 0 aliphatic rings. The van der Waals surface area contributed by atoms with E-state index in [1.54, 1.807) is 6.07 Å². The molecule has 0 aliphatic heterocycles. The van der Waals surface area contributed by atoms with Crippen LogP contribution in [0.2, 0.25) is 0 Å². The second-order valence-corrected chi connectivity index (χ2v) is 3.31. The van der Waals surface area contributed by atoms with E-state index in [1.165, 1.54) is 12.1 Å². The first-order chi connectivity index (χ1) is 7.15. The van der Waals surface area contributed by atoms with Gasteiger partial charge in [-0.15, -0.1) is 0 Å². The first kappa shape index (κ1) is 11.3. The van der Waals surface area contributed by atoms with Crippen LogP contribution in [0.3, 0.4) is 0 Å². The molecule has 1 aromatic carbocycles. The van der Waals surface area contributed by atoms with Crippen molar-refractivity contribution in [2.45, 2.75) is 19.8 Å². The van der Waals surface area contributed by atoms with Gasteiger partial charge < -0.3 is 11.1 Å². The lowest BCUT2D eigenvalue weighted by atomic mass is 10.2. The summed E-state index contributed by atoms with van der Waals surface area (Å²) in [5, 5.41) is 13.6. The van der Waals surface area contributed by atoms with E-state index < -0.39 is 4.92 Å². The van der Waals surface area contributed by atoms with Crippen LogP contribution < -0.4 is 11.1 Å². The fourth-order valence-corrected chi connectivity index (χ4v) is 1.22. The SMILES string of the molecule is CCCCNc1ccc([N+](=O)[O-])cc1N. The van der Waals surface area contributed by atoms with E-state index in [0.717, 1.165) is 25.1 Å². The number of nitrogens with two attached hydrogens (primary N) is 1. The fourth-order valence-electron chi connectivity index (χ4n) is 1.22. The van der Waals surface area contributed by atoms with Crippen molar-refractivity contribution in [3.05, 3.63) is 28.3 Å². The number of benzene rings is 1. The van der Waals surface area contributed by atoms with Crippen molar-refractivity contribution < 1.29 is 4.92 Å². The lowest BCUT2D eigenvalue weighted by Crippen LogP contribution is -2.04. The molecule has 0 heterocycles. The number of hydrogen-bond acceptors (Lipinski definition) is 4. The minimum Gasteiger partial charge on any atom is -0.397 e. The normalized spacial score (nSPS) is 9.93. The zero-order chi connectivity index (χ0) is 11.3. The van der Waals surface area contributed by atoms with Gasteiger partial charge in [0.25, 0.3) is 5.69 Å². The van der Waals surface area contributed by atoms with Crippen molar-refractivity contribution in [3.63, 3.8) is 0 Å². The van der Waals surface area contributed by atoms with Gasteiger partial charge in [0.05, 0.1) is 16.3 Å². The summed E-state index contributed by atoms with van der Waals surface area (Å²) in [6.07, 6.45) is 2.15. The Balaban J connectivity index is 2.70. The van der Waals surface area contributed by atoms with Crippen LogP contribution in [-0.2, 0) is 0 Å². The maximum Gasteiger partial charge on any atom is 0.271 e. The van der Waals surface area contributed by atoms with Crippen LogP contribution in [0, 0.1) is 10.1 Å². The highest BCUT2D eigenvalue weighted by Crippen LogP contribution is 2.23. The highest BCUT2D eigenvalue weighted by Gasteiger charge is 2.07. The third-order valence-electron chi connectivity index (χ3n) is 2.09. The van der Waals surface area contributed by atoms with E-state index >= 15 is 0 Å². The molecule has 1 rings (SSSR count). The van der Waals surface area contributed by atoms with Gasteiger partial charge in [-0.2, -0.15) is 0 Å². The highest BCUT2D eigenvalue weighted by molar-refractivity contribution is 5.69. The minimum absolute atomic E-state index is 0.0218. The number of nitro benzene ring substituents is 1. The Morgan fingerprint density at radius 3 is 2.80 bits per heavy atom. The molecule has 15 heavy (non-hydrogen) atoms. The number of anilines is 2. The quantitative estimate of drug-likeness (QED) is 0.337. The standard InChI is InChI=1S/C10H15N3O2/c1-2-3-6-12-10-5-4-8(13(14)15)7-9(10)11/h4-5,7,12H,2-3,6,11H2,1H3. The zero-order valence-corrected chi connectivity index (χ0v) is 8.69. The molecule has 0 aliphatic carbocycles. The first-order valence-corrected chi connectivity index (χ1v) is 4.93. The van der Waals surface area contributed by atoms with Crippen molar-refractivity contribution >= 4 is 17.1 Å². The van der Waals surface area contributed by atoms with Gasteiger partial charge in [-0.1, -0.05) is 13.3 Å². The Labute approximate surface area is 88.4 Å². The van der Waals surface area contributed by atoms with E-state index in [2.05, 4.69) is 12.2 Å². The predicted octanol–water partition coefficient (Wildman–Crippen LogP) is 2.39. The van der Waals surface area contributed by atoms with Crippen molar-refractivity contribution in [1.29, 1.82) is 0 Å². The fraction of sp³-hybridized carbons (Fsp3) is 0.400. The molecule has 0 atom stereocenters. The largest absolute Gasteiger partial charge is 0.397 e. The Morgan fingerprint density at radius 1 is 1.53 bits per heavy atom. The summed E-state index contributed by atoms with van der Waals surface area (Å²) in [7, 11) is 0. The molecular weight excluding hydrogens is 194 g/mol. The molecule has 5 nitrogen and oxygen atoms in total. The molecule has 0 radical (unpaired) electrons. The number of nitrogen functional groups attached to an aromatic ring is 1. The molecule has 0 unspecified atom stereocenters. The minimum atomic E-state index is -0.452. The van der Waals surface area contributed by atoms with Crippen LogP contribution >= 0.6 is 0 Å². The van der Waals surface area contributed by atoms with E-state index in [0.29, 0.717) is 5.69 Å². The Bertz CT molecular complexity index is 353. The Morgan fingerprint density at radius 2 is 2.27 bits per heavy atom. The highest BCUT2D eigenvalue weighted by atomic mass is 16.6. The summed E-state index contributed by atoms with van der Waals surface area (Å²) in [4.78, 5) is 10.0. The molecule has 1 aromatic rings. The molecule has 0 spiro atoms. The van der Waals surface area contributed by atoms with Crippen LogP contribution in [-0.4, -0.2) is 11.5 Å². The van der Waals surface area contributed by atoms with Crippen molar-refractivity contribution in [2.24, 2.45) is 0 Å². The summed E-state index contributed by atoms with van der Waals surface area (Å²) in [5.74, 6) is 0. The smallest absolute Gasteiger partial charge is 0.271 e. The number of hydrogen-bond donors (Lipinski definition) is 2.